The summed E-state index contributed by atoms with van der Waals surface area (Å²) in [4.78, 5) is 9.27. The lowest BCUT2D eigenvalue weighted by Gasteiger charge is -2.04. The van der Waals surface area contributed by atoms with Gasteiger partial charge in [0.15, 0.2) is 11.8 Å². The van der Waals surface area contributed by atoms with Gasteiger partial charge in [0, 0.05) is 0 Å². The minimum absolute atomic E-state index is 0.0977. The Morgan fingerprint density at radius 3 is 1.60 bits per heavy atom. The van der Waals surface area contributed by atoms with E-state index in [0.717, 1.165) is 11.8 Å². The third-order valence-electron chi connectivity index (χ3n) is 4.34. The zero-order valence-corrected chi connectivity index (χ0v) is 14.0. The van der Waals surface area contributed by atoms with Crippen LogP contribution in [0.1, 0.15) is 23.2 Å². The number of hydrogen-bond acceptors (Lipinski definition) is 5. The van der Waals surface area contributed by atoms with E-state index < -0.39 is 0 Å². The van der Waals surface area contributed by atoms with Crippen LogP contribution in [-0.2, 0) is 9.47 Å². The first-order chi connectivity index (χ1) is 12.4. The molecular formula is C20H21N3O2. The average molecular weight is 335 g/mol. The first kappa shape index (κ1) is 15.8. The fourth-order valence-corrected chi connectivity index (χ4v) is 3.01. The van der Waals surface area contributed by atoms with Crippen LogP contribution in [0.5, 0.6) is 0 Å². The number of ether oxygens (including phenoxy) is 2. The van der Waals surface area contributed by atoms with Gasteiger partial charge in [-0.15, -0.1) is 0 Å². The van der Waals surface area contributed by atoms with Gasteiger partial charge in [0.05, 0.1) is 13.1 Å². The number of nitrogens with one attached hydrogen (secondary N) is 1. The SMILES string of the molecule is c1ccc([C@@H]2COC(CNCC3=N[C@@H](c4ccccc4)CO3)=N2)cc1. The summed E-state index contributed by atoms with van der Waals surface area (Å²) in [5.41, 5.74) is 2.37. The molecule has 2 heterocycles. The number of nitrogens with zero attached hydrogens (tertiary/aromatic N) is 2. The van der Waals surface area contributed by atoms with Gasteiger partial charge in [-0.1, -0.05) is 60.7 Å². The largest absolute Gasteiger partial charge is 0.477 e. The molecule has 0 spiro atoms. The highest BCUT2D eigenvalue weighted by atomic mass is 16.5. The van der Waals surface area contributed by atoms with Crippen LogP contribution in [0.3, 0.4) is 0 Å². The molecule has 2 atom stereocenters. The Bertz CT molecular complexity index is 694. The Hall–Kier alpha value is -2.66. The maximum Gasteiger partial charge on any atom is 0.198 e. The number of rotatable bonds is 6. The monoisotopic (exact) mass is 335 g/mol. The number of aliphatic imine (C=N–C) groups is 2. The maximum atomic E-state index is 5.68. The molecule has 2 aromatic rings. The Kier molecular flexibility index (Phi) is 4.74. The first-order valence-corrected chi connectivity index (χ1v) is 8.58. The van der Waals surface area contributed by atoms with E-state index in [1.54, 1.807) is 0 Å². The molecular weight excluding hydrogens is 314 g/mol. The highest BCUT2D eigenvalue weighted by Crippen LogP contribution is 2.23. The van der Waals surface area contributed by atoms with E-state index in [9.17, 15) is 0 Å². The Labute approximate surface area is 147 Å². The molecule has 0 aliphatic carbocycles. The number of hydrogen-bond donors (Lipinski definition) is 1. The number of benzene rings is 2. The second-order valence-electron chi connectivity index (χ2n) is 6.12. The molecule has 4 rings (SSSR count). The summed E-state index contributed by atoms with van der Waals surface area (Å²) < 4.78 is 11.4. The molecule has 0 saturated heterocycles. The second-order valence-corrected chi connectivity index (χ2v) is 6.12. The molecule has 0 fully saturated rings. The lowest BCUT2D eigenvalue weighted by atomic mass is 10.1. The van der Waals surface area contributed by atoms with Crippen LogP contribution in [0, 0.1) is 0 Å². The van der Waals surface area contributed by atoms with E-state index in [1.165, 1.54) is 11.1 Å². The lowest BCUT2D eigenvalue weighted by Crippen LogP contribution is -2.28. The zero-order chi connectivity index (χ0) is 16.9. The Morgan fingerprint density at radius 1 is 0.720 bits per heavy atom. The van der Waals surface area contributed by atoms with Crippen molar-refractivity contribution in [3.8, 4) is 0 Å². The molecule has 128 valence electrons. The minimum Gasteiger partial charge on any atom is -0.477 e. The molecule has 2 aliphatic rings. The van der Waals surface area contributed by atoms with Gasteiger partial charge in [-0.25, -0.2) is 9.98 Å². The third-order valence-corrected chi connectivity index (χ3v) is 4.34. The van der Waals surface area contributed by atoms with Crippen molar-refractivity contribution >= 4 is 11.8 Å². The third kappa shape index (κ3) is 3.88. The maximum absolute atomic E-state index is 5.68. The highest BCUT2D eigenvalue weighted by Gasteiger charge is 2.22. The molecule has 0 saturated carbocycles. The van der Waals surface area contributed by atoms with Crippen molar-refractivity contribution in [2.75, 3.05) is 26.3 Å². The van der Waals surface area contributed by atoms with Crippen molar-refractivity contribution in [3.05, 3.63) is 71.8 Å². The average Bonchev–Trinajstić information content (AvgIpc) is 3.33. The van der Waals surface area contributed by atoms with Gasteiger partial charge in [-0.05, 0) is 11.1 Å². The van der Waals surface area contributed by atoms with Gasteiger partial charge in [-0.3, -0.25) is 0 Å². The van der Waals surface area contributed by atoms with E-state index in [1.807, 2.05) is 36.4 Å². The fourth-order valence-electron chi connectivity index (χ4n) is 3.01. The quantitative estimate of drug-likeness (QED) is 0.883. The van der Waals surface area contributed by atoms with E-state index in [-0.39, 0.29) is 12.1 Å². The summed E-state index contributed by atoms with van der Waals surface area (Å²) in [6, 6.07) is 20.7. The molecule has 0 bridgehead atoms. The predicted octanol–water partition coefficient (Wildman–Crippen LogP) is 2.92. The summed E-state index contributed by atoms with van der Waals surface area (Å²) in [5.74, 6) is 1.49. The Morgan fingerprint density at radius 2 is 1.16 bits per heavy atom. The first-order valence-electron chi connectivity index (χ1n) is 8.58. The van der Waals surface area contributed by atoms with Gasteiger partial charge in [-0.2, -0.15) is 0 Å². The van der Waals surface area contributed by atoms with Crippen LogP contribution in [-0.4, -0.2) is 38.1 Å². The van der Waals surface area contributed by atoms with Crippen molar-refractivity contribution in [1.82, 2.24) is 5.32 Å². The normalized spacial score (nSPS) is 22.1. The molecule has 0 aromatic heterocycles. The second kappa shape index (κ2) is 7.49. The summed E-state index contributed by atoms with van der Waals surface area (Å²) in [6.07, 6.45) is 0. The zero-order valence-electron chi connectivity index (χ0n) is 14.0. The van der Waals surface area contributed by atoms with Crippen molar-refractivity contribution < 1.29 is 9.47 Å². The summed E-state index contributed by atoms with van der Waals surface area (Å²) in [7, 11) is 0. The molecule has 5 heteroatoms. The molecule has 1 N–H and O–H groups in total. The van der Waals surface area contributed by atoms with Crippen molar-refractivity contribution in [2.24, 2.45) is 9.98 Å². The van der Waals surface area contributed by atoms with Crippen molar-refractivity contribution in [1.29, 1.82) is 0 Å². The van der Waals surface area contributed by atoms with Gasteiger partial charge in [0.2, 0.25) is 0 Å². The van der Waals surface area contributed by atoms with Gasteiger partial charge >= 0.3 is 0 Å². The smallest absolute Gasteiger partial charge is 0.198 e. The summed E-state index contributed by atoms with van der Waals surface area (Å²) in [5, 5.41) is 3.30. The Balaban J connectivity index is 1.27. The van der Waals surface area contributed by atoms with Crippen LogP contribution in [0.25, 0.3) is 0 Å². The fraction of sp³-hybridized carbons (Fsp3) is 0.300. The van der Waals surface area contributed by atoms with Crippen LogP contribution in [0.4, 0.5) is 0 Å². The molecule has 2 aromatic carbocycles. The van der Waals surface area contributed by atoms with Crippen LogP contribution in [0.2, 0.25) is 0 Å². The minimum atomic E-state index is 0.0977. The van der Waals surface area contributed by atoms with E-state index in [4.69, 9.17) is 9.47 Å². The van der Waals surface area contributed by atoms with Crippen LogP contribution in [0.15, 0.2) is 70.6 Å². The van der Waals surface area contributed by atoms with Crippen molar-refractivity contribution in [2.45, 2.75) is 12.1 Å². The molecule has 25 heavy (non-hydrogen) atoms. The van der Waals surface area contributed by atoms with E-state index >= 15 is 0 Å². The lowest BCUT2D eigenvalue weighted by molar-refractivity contribution is 0.307. The van der Waals surface area contributed by atoms with Crippen LogP contribution < -0.4 is 5.32 Å². The van der Waals surface area contributed by atoms with Gasteiger partial charge in [0.25, 0.3) is 0 Å². The van der Waals surface area contributed by atoms with Gasteiger partial charge in [0.1, 0.15) is 25.3 Å². The standard InChI is InChI=1S/C20H21N3O2/c1-3-7-15(8-4-1)17-13-24-19(22-17)11-21-12-20-23-18(14-25-20)16-9-5-2-6-10-16/h1-10,17-18,21H,11-14H2/t17-,18+. The van der Waals surface area contributed by atoms with Crippen molar-refractivity contribution in [3.63, 3.8) is 0 Å². The van der Waals surface area contributed by atoms with Crippen LogP contribution >= 0.6 is 0 Å². The molecule has 0 unspecified atom stereocenters. The van der Waals surface area contributed by atoms with Gasteiger partial charge < -0.3 is 14.8 Å². The molecule has 2 aliphatic heterocycles. The molecule has 0 amide bonds. The summed E-state index contributed by atoms with van der Waals surface area (Å²) >= 11 is 0. The van der Waals surface area contributed by atoms with E-state index in [0.29, 0.717) is 26.3 Å². The highest BCUT2D eigenvalue weighted by molar-refractivity contribution is 5.83. The summed E-state index contributed by atoms with van der Waals surface area (Å²) in [6.45, 7) is 2.38. The molecule has 5 nitrogen and oxygen atoms in total. The predicted molar refractivity (Wildman–Crippen MR) is 98.0 cm³/mol. The topological polar surface area (TPSA) is 55.2 Å². The van der Waals surface area contributed by atoms with E-state index in [2.05, 4.69) is 39.6 Å². The molecule has 0 radical (unpaired) electrons.